The van der Waals surface area contributed by atoms with Crippen LogP contribution in [0.3, 0.4) is 0 Å². The van der Waals surface area contributed by atoms with Crippen LogP contribution in [0.25, 0.3) is 0 Å². The van der Waals surface area contributed by atoms with Crippen LogP contribution in [0.2, 0.25) is 0 Å². The van der Waals surface area contributed by atoms with E-state index in [9.17, 15) is 14.4 Å². The molecule has 1 aromatic heterocycles. The Bertz CT molecular complexity index is 514. The number of aliphatic carboxylic acids is 1. The Labute approximate surface area is 130 Å². The van der Waals surface area contributed by atoms with E-state index in [1.165, 1.54) is 6.07 Å². The van der Waals surface area contributed by atoms with Gasteiger partial charge in [-0.05, 0) is 40.9 Å². The molecule has 0 aliphatic rings. The van der Waals surface area contributed by atoms with Gasteiger partial charge in [-0.25, -0.2) is 0 Å². The maximum atomic E-state index is 11.6. The van der Waals surface area contributed by atoms with Crippen LogP contribution >= 0.6 is 15.9 Å². The van der Waals surface area contributed by atoms with Crippen LogP contribution in [0.5, 0.6) is 0 Å². The average molecular weight is 361 g/mol. The zero-order chi connectivity index (χ0) is 15.8. The Hall–Kier alpha value is -1.83. The maximum absolute atomic E-state index is 11.6. The topological polar surface area (TPSA) is 109 Å². The third-order valence-corrected chi connectivity index (χ3v) is 3.19. The van der Waals surface area contributed by atoms with Crippen molar-refractivity contribution in [2.75, 3.05) is 13.1 Å². The SMILES string of the molecule is CC(CCCNC(=O)CNC(=O)c1ccc(Br)o1)C(=O)O. The van der Waals surface area contributed by atoms with Crippen LogP contribution in [-0.4, -0.2) is 36.0 Å². The molecule has 0 radical (unpaired) electrons. The molecule has 7 nitrogen and oxygen atoms in total. The summed E-state index contributed by atoms with van der Waals surface area (Å²) in [6.45, 7) is 1.83. The molecule has 1 unspecified atom stereocenters. The highest BCUT2D eigenvalue weighted by molar-refractivity contribution is 9.10. The van der Waals surface area contributed by atoms with Gasteiger partial charge < -0.3 is 20.2 Å². The van der Waals surface area contributed by atoms with Gasteiger partial charge in [-0.15, -0.1) is 0 Å². The van der Waals surface area contributed by atoms with E-state index in [2.05, 4.69) is 26.6 Å². The standard InChI is InChI=1S/C13H17BrN2O5/c1-8(13(19)20)3-2-6-15-11(17)7-16-12(18)9-4-5-10(14)21-9/h4-5,8H,2-3,6-7H2,1H3,(H,15,17)(H,16,18)(H,19,20). The lowest BCUT2D eigenvalue weighted by molar-refractivity contribution is -0.141. The fourth-order valence-electron chi connectivity index (χ4n) is 1.51. The van der Waals surface area contributed by atoms with Gasteiger partial charge in [0.2, 0.25) is 5.91 Å². The summed E-state index contributed by atoms with van der Waals surface area (Å²) in [4.78, 5) is 33.7. The second kappa shape index (κ2) is 8.46. The van der Waals surface area contributed by atoms with E-state index < -0.39 is 17.8 Å². The first kappa shape index (κ1) is 17.2. The molecule has 0 saturated heterocycles. The summed E-state index contributed by atoms with van der Waals surface area (Å²) in [5.41, 5.74) is 0. The van der Waals surface area contributed by atoms with Crippen LogP contribution in [0.4, 0.5) is 0 Å². The van der Waals surface area contributed by atoms with Crippen molar-refractivity contribution < 1.29 is 23.9 Å². The van der Waals surface area contributed by atoms with Crippen molar-refractivity contribution in [3.63, 3.8) is 0 Å². The number of hydrogen-bond acceptors (Lipinski definition) is 4. The van der Waals surface area contributed by atoms with E-state index in [-0.39, 0.29) is 18.2 Å². The first-order valence-electron chi connectivity index (χ1n) is 6.43. The Morgan fingerprint density at radius 3 is 2.62 bits per heavy atom. The number of carboxylic acids is 1. The number of carbonyl (C=O) groups is 3. The van der Waals surface area contributed by atoms with Crippen molar-refractivity contribution in [3.8, 4) is 0 Å². The third-order valence-electron chi connectivity index (χ3n) is 2.76. The number of rotatable bonds is 8. The van der Waals surface area contributed by atoms with E-state index in [0.29, 0.717) is 24.1 Å². The molecule has 0 aliphatic heterocycles. The van der Waals surface area contributed by atoms with Crippen LogP contribution in [0.15, 0.2) is 21.2 Å². The fraction of sp³-hybridized carbons (Fsp3) is 0.462. The second-order valence-electron chi connectivity index (χ2n) is 4.52. The zero-order valence-electron chi connectivity index (χ0n) is 11.5. The molecule has 1 atom stereocenters. The smallest absolute Gasteiger partial charge is 0.306 e. The summed E-state index contributed by atoms with van der Waals surface area (Å²) < 4.78 is 5.48. The molecule has 3 N–H and O–H groups in total. The highest BCUT2D eigenvalue weighted by atomic mass is 79.9. The summed E-state index contributed by atoms with van der Waals surface area (Å²) in [5.74, 6) is -1.98. The molecule has 1 aromatic rings. The Kier molecular flexibility index (Phi) is 6.93. The predicted octanol–water partition coefficient (Wildman–Crippen LogP) is 1.39. The molecule has 0 saturated carbocycles. The minimum Gasteiger partial charge on any atom is -0.481 e. The molecule has 1 heterocycles. The molecule has 2 amide bonds. The van der Waals surface area contributed by atoms with Gasteiger partial charge in [0.15, 0.2) is 10.4 Å². The van der Waals surface area contributed by atoms with Crippen molar-refractivity contribution >= 4 is 33.7 Å². The molecule has 8 heteroatoms. The fourth-order valence-corrected chi connectivity index (χ4v) is 1.81. The molecule has 21 heavy (non-hydrogen) atoms. The van der Waals surface area contributed by atoms with Crippen LogP contribution in [0, 0.1) is 5.92 Å². The van der Waals surface area contributed by atoms with Gasteiger partial charge in [0.25, 0.3) is 5.91 Å². The first-order valence-corrected chi connectivity index (χ1v) is 7.22. The predicted molar refractivity (Wildman–Crippen MR) is 77.8 cm³/mol. The van der Waals surface area contributed by atoms with E-state index in [1.807, 2.05) is 0 Å². The van der Waals surface area contributed by atoms with Gasteiger partial charge in [0, 0.05) is 6.54 Å². The van der Waals surface area contributed by atoms with Crippen molar-refractivity contribution in [2.45, 2.75) is 19.8 Å². The lowest BCUT2D eigenvalue weighted by Crippen LogP contribution is -2.37. The van der Waals surface area contributed by atoms with Gasteiger partial charge in [0.1, 0.15) is 0 Å². The van der Waals surface area contributed by atoms with E-state index >= 15 is 0 Å². The molecule has 0 aromatic carbocycles. The summed E-state index contributed by atoms with van der Waals surface area (Å²) in [7, 11) is 0. The molecule has 0 aliphatic carbocycles. The third kappa shape index (κ3) is 6.44. The highest BCUT2D eigenvalue weighted by Gasteiger charge is 2.12. The molecule has 0 bridgehead atoms. The van der Waals surface area contributed by atoms with Crippen molar-refractivity contribution in [1.29, 1.82) is 0 Å². The first-order chi connectivity index (χ1) is 9.90. The summed E-state index contributed by atoms with van der Waals surface area (Å²) >= 11 is 3.08. The van der Waals surface area contributed by atoms with Gasteiger partial charge in [-0.1, -0.05) is 6.92 Å². The number of hydrogen-bond donors (Lipinski definition) is 3. The number of halogens is 1. The maximum Gasteiger partial charge on any atom is 0.306 e. The summed E-state index contributed by atoms with van der Waals surface area (Å²) in [6.07, 6.45) is 1.06. The van der Waals surface area contributed by atoms with Gasteiger partial charge in [-0.2, -0.15) is 0 Å². The second-order valence-corrected chi connectivity index (χ2v) is 5.30. The number of amides is 2. The van der Waals surface area contributed by atoms with E-state index in [0.717, 1.165) is 0 Å². The van der Waals surface area contributed by atoms with E-state index in [1.54, 1.807) is 13.0 Å². The number of carboxylic acid groups (broad SMARTS) is 1. The van der Waals surface area contributed by atoms with Crippen molar-refractivity contribution in [3.05, 3.63) is 22.6 Å². The number of nitrogens with one attached hydrogen (secondary N) is 2. The van der Waals surface area contributed by atoms with E-state index in [4.69, 9.17) is 9.52 Å². The van der Waals surface area contributed by atoms with Crippen LogP contribution < -0.4 is 10.6 Å². The van der Waals surface area contributed by atoms with Gasteiger partial charge >= 0.3 is 5.97 Å². The average Bonchev–Trinajstić information content (AvgIpc) is 2.87. The summed E-state index contributed by atoms with van der Waals surface area (Å²) in [5, 5.41) is 13.7. The largest absolute Gasteiger partial charge is 0.481 e. The van der Waals surface area contributed by atoms with Gasteiger partial charge in [-0.3, -0.25) is 14.4 Å². The van der Waals surface area contributed by atoms with Gasteiger partial charge in [0.05, 0.1) is 12.5 Å². The molecule has 0 spiro atoms. The Morgan fingerprint density at radius 1 is 1.33 bits per heavy atom. The monoisotopic (exact) mass is 360 g/mol. The molecular weight excluding hydrogens is 344 g/mol. The Balaban J connectivity index is 2.17. The molecule has 1 rings (SSSR count). The van der Waals surface area contributed by atoms with Crippen molar-refractivity contribution in [1.82, 2.24) is 10.6 Å². The molecule has 0 fully saturated rings. The Morgan fingerprint density at radius 2 is 2.05 bits per heavy atom. The van der Waals surface area contributed by atoms with Crippen molar-refractivity contribution in [2.24, 2.45) is 5.92 Å². The quantitative estimate of drug-likeness (QED) is 0.607. The lowest BCUT2D eigenvalue weighted by atomic mass is 10.1. The summed E-state index contributed by atoms with van der Waals surface area (Å²) in [6, 6.07) is 3.07. The highest BCUT2D eigenvalue weighted by Crippen LogP contribution is 2.13. The number of carbonyl (C=O) groups excluding carboxylic acids is 2. The van der Waals surface area contributed by atoms with Crippen LogP contribution in [0.1, 0.15) is 30.3 Å². The lowest BCUT2D eigenvalue weighted by Gasteiger charge is -2.08. The minimum atomic E-state index is -0.849. The minimum absolute atomic E-state index is 0.116. The molecule has 116 valence electrons. The number of furan rings is 1. The van der Waals surface area contributed by atoms with Crippen LogP contribution in [-0.2, 0) is 9.59 Å². The zero-order valence-corrected chi connectivity index (χ0v) is 13.1. The normalized spacial score (nSPS) is 11.7. The molecular formula is C13H17BrN2O5.